The number of aromatic nitrogens is 1. The average Bonchev–Trinajstić information content (AvgIpc) is 3.51. The summed E-state index contributed by atoms with van der Waals surface area (Å²) in [7, 11) is 0. The standard InChI is InChI=1S/C28H24FN3O4/c29-21-11-9-19(10-12-21)27(34)31-24(15-20-16-30-23-7-3-2-6-22(20)23)28(35)36-17-26(33)32-14-13-18-5-1-4-8-25(18)32/h1-12,16,24,30H,13-15,17H2,(H,31,34). The van der Waals surface area contributed by atoms with Crippen LogP contribution in [0.4, 0.5) is 10.1 Å². The van der Waals surface area contributed by atoms with Crippen molar-refractivity contribution in [2.75, 3.05) is 18.1 Å². The third-order valence-electron chi connectivity index (χ3n) is 6.32. The molecule has 1 atom stereocenters. The van der Waals surface area contributed by atoms with E-state index in [0.717, 1.165) is 34.1 Å². The van der Waals surface area contributed by atoms with Crippen LogP contribution in [-0.4, -0.2) is 42.0 Å². The number of nitrogens with one attached hydrogen (secondary N) is 2. The third kappa shape index (κ3) is 4.84. The Morgan fingerprint density at radius 3 is 2.58 bits per heavy atom. The number of esters is 1. The summed E-state index contributed by atoms with van der Waals surface area (Å²) < 4.78 is 18.7. The van der Waals surface area contributed by atoms with Gasteiger partial charge >= 0.3 is 5.97 Å². The van der Waals surface area contributed by atoms with Gasteiger partial charge in [0.2, 0.25) is 0 Å². The molecule has 2 N–H and O–H groups in total. The summed E-state index contributed by atoms with van der Waals surface area (Å²) in [6, 6.07) is 19.2. The molecule has 36 heavy (non-hydrogen) atoms. The first kappa shape index (κ1) is 23.3. The van der Waals surface area contributed by atoms with Crippen molar-refractivity contribution >= 4 is 34.4 Å². The number of carbonyl (C=O) groups is 3. The Morgan fingerprint density at radius 1 is 1.00 bits per heavy atom. The number of carbonyl (C=O) groups excluding carboxylic acids is 3. The topological polar surface area (TPSA) is 91.5 Å². The SMILES string of the molecule is O=C(NC(Cc1c[nH]c2ccccc12)C(=O)OCC(=O)N1CCc2ccccc21)c1ccc(F)cc1. The van der Waals surface area contributed by atoms with Crippen LogP contribution < -0.4 is 10.2 Å². The van der Waals surface area contributed by atoms with Crippen LogP contribution >= 0.6 is 0 Å². The fourth-order valence-electron chi connectivity index (χ4n) is 4.47. The maximum atomic E-state index is 13.3. The molecule has 2 amide bonds. The lowest BCUT2D eigenvalue weighted by atomic mass is 10.0. The zero-order chi connectivity index (χ0) is 25.1. The van der Waals surface area contributed by atoms with Gasteiger partial charge < -0.3 is 19.9 Å². The molecule has 0 bridgehead atoms. The summed E-state index contributed by atoms with van der Waals surface area (Å²) >= 11 is 0. The molecule has 0 saturated heterocycles. The molecule has 1 aliphatic heterocycles. The highest BCUT2D eigenvalue weighted by Crippen LogP contribution is 2.27. The molecule has 1 aromatic heterocycles. The first-order chi connectivity index (χ1) is 17.5. The minimum atomic E-state index is -1.06. The van der Waals surface area contributed by atoms with Gasteiger partial charge in [-0.3, -0.25) is 9.59 Å². The van der Waals surface area contributed by atoms with Crippen LogP contribution in [0.2, 0.25) is 0 Å². The predicted molar refractivity (Wildman–Crippen MR) is 133 cm³/mol. The molecule has 182 valence electrons. The number of nitrogens with zero attached hydrogens (tertiary/aromatic N) is 1. The van der Waals surface area contributed by atoms with Gasteiger partial charge in [-0.25, -0.2) is 9.18 Å². The fraction of sp³-hybridized carbons (Fsp3) is 0.179. The number of hydrogen-bond acceptors (Lipinski definition) is 4. The largest absolute Gasteiger partial charge is 0.454 e. The maximum Gasteiger partial charge on any atom is 0.329 e. The molecule has 1 aliphatic rings. The van der Waals surface area contributed by atoms with Crippen molar-refractivity contribution in [3.8, 4) is 0 Å². The van der Waals surface area contributed by atoms with Crippen molar-refractivity contribution in [1.29, 1.82) is 0 Å². The molecular weight excluding hydrogens is 461 g/mol. The molecule has 2 heterocycles. The molecule has 0 saturated carbocycles. The maximum absolute atomic E-state index is 13.3. The second-order valence-electron chi connectivity index (χ2n) is 8.63. The number of benzene rings is 3. The third-order valence-corrected chi connectivity index (χ3v) is 6.32. The Labute approximate surface area is 206 Å². The van der Waals surface area contributed by atoms with E-state index in [1.165, 1.54) is 24.3 Å². The van der Waals surface area contributed by atoms with E-state index in [2.05, 4.69) is 10.3 Å². The number of para-hydroxylation sites is 2. The van der Waals surface area contributed by atoms with Crippen molar-refractivity contribution in [3.63, 3.8) is 0 Å². The second kappa shape index (κ2) is 10.0. The van der Waals surface area contributed by atoms with Gasteiger partial charge in [0.1, 0.15) is 11.9 Å². The Morgan fingerprint density at radius 2 is 1.75 bits per heavy atom. The van der Waals surface area contributed by atoms with Crippen molar-refractivity contribution in [1.82, 2.24) is 10.3 Å². The van der Waals surface area contributed by atoms with Crippen LogP contribution in [0.3, 0.4) is 0 Å². The van der Waals surface area contributed by atoms with Crippen molar-refractivity contribution in [2.24, 2.45) is 0 Å². The lowest BCUT2D eigenvalue weighted by Gasteiger charge is -2.20. The summed E-state index contributed by atoms with van der Waals surface area (Å²) in [5.41, 5.74) is 3.80. The molecular formula is C28H24FN3O4. The van der Waals surface area contributed by atoms with E-state index in [9.17, 15) is 18.8 Å². The van der Waals surface area contributed by atoms with Crippen LogP contribution in [0.15, 0.2) is 79.0 Å². The van der Waals surface area contributed by atoms with Gasteiger partial charge in [0, 0.05) is 41.3 Å². The highest BCUT2D eigenvalue weighted by Gasteiger charge is 2.28. The average molecular weight is 486 g/mol. The Kier molecular flexibility index (Phi) is 6.49. The van der Waals surface area contributed by atoms with E-state index in [1.54, 1.807) is 11.1 Å². The summed E-state index contributed by atoms with van der Waals surface area (Å²) in [5, 5.41) is 3.60. The highest BCUT2D eigenvalue weighted by molar-refractivity contribution is 5.99. The number of ether oxygens (including phenoxy) is 1. The number of fused-ring (bicyclic) bond motifs is 2. The number of halogens is 1. The van der Waals surface area contributed by atoms with Crippen molar-refractivity contribution in [2.45, 2.75) is 18.9 Å². The number of hydrogen-bond donors (Lipinski definition) is 2. The molecule has 7 nitrogen and oxygen atoms in total. The van der Waals surface area contributed by atoms with Gasteiger partial charge in [-0.2, -0.15) is 0 Å². The van der Waals surface area contributed by atoms with E-state index in [1.807, 2.05) is 48.5 Å². The van der Waals surface area contributed by atoms with Crippen LogP contribution in [0.1, 0.15) is 21.5 Å². The van der Waals surface area contributed by atoms with Gasteiger partial charge in [-0.05, 0) is 53.9 Å². The monoisotopic (exact) mass is 485 g/mol. The van der Waals surface area contributed by atoms with Gasteiger partial charge in [0.05, 0.1) is 0 Å². The van der Waals surface area contributed by atoms with Gasteiger partial charge in [0.15, 0.2) is 6.61 Å². The zero-order valence-electron chi connectivity index (χ0n) is 19.4. The molecule has 0 spiro atoms. The number of rotatable bonds is 7. The normalized spacial score (nSPS) is 13.3. The van der Waals surface area contributed by atoms with Crippen LogP contribution in [0.25, 0.3) is 10.9 Å². The quantitative estimate of drug-likeness (QED) is 0.390. The number of anilines is 1. The smallest absolute Gasteiger partial charge is 0.329 e. The molecule has 5 rings (SSSR count). The highest BCUT2D eigenvalue weighted by atomic mass is 19.1. The fourth-order valence-corrected chi connectivity index (χ4v) is 4.47. The van der Waals surface area contributed by atoms with Gasteiger partial charge in [-0.1, -0.05) is 36.4 Å². The molecule has 0 fully saturated rings. The minimum absolute atomic E-state index is 0.149. The van der Waals surface area contributed by atoms with Crippen molar-refractivity contribution < 1.29 is 23.5 Å². The van der Waals surface area contributed by atoms with Gasteiger partial charge in [-0.15, -0.1) is 0 Å². The summed E-state index contributed by atoms with van der Waals surface area (Å²) in [6.45, 7) is 0.0831. The first-order valence-electron chi connectivity index (χ1n) is 11.7. The van der Waals surface area contributed by atoms with E-state index in [4.69, 9.17) is 4.74 Å². The number of aromatic amines is 1. The Bertz CT molecular complexity index is 1430. The van der Waals surface area contributed by atoms with Gasteiger partial charge in [0.25, 0.3) is 11.8 Å². The molecule has 8 heteroatoms. The van der Waals surface area contributed by atoms with E-state index >= 15 is 0 Å². The first-order valence-corrected chi connectivity index (χ1v) is 11.7. The second-order valence-corrected chi connectivity index (χ2v) is 8.63. The number of amides is 2. The lowest BCUT2D eigenvalue weighted by Crippen LogP contribution is -2.44. The van der Waals surface area contributed by atoms with E-state index < -0.39 is 30.3 Å². The molecule has 4 aromatic rings. The van der Waals surface area contributed by atoms with Crippen LogP contribution in [0.5, 0.6) is 0 Å². The van der Waals surface area contributed by atoms with Crippen LogP contribution in [-0.2, 0) is 27.2 Å². The number of H-pyrrole nitrogens is 1. The summed E-state index contributed by atoms with van der Waals surface area (Å²) in [4.78, 5) is 43.5. The summed E-state index contributed by atoms with van der Waals surface area (Å²) in [5.74, 6) is -2.07. The van der Waals surface area contributed by atoms with E-state index in [-0.39, 0.29) is 17.9 Å². The zero-order valence-corrected chi connectivity index (χ0v) is 19.4. The summed E-state index contributed by atoms with van der Waals surface area (Å²) in [6.07, 6.45) is 2.67. The molecule has 0 radical (unpaired) electrons. The lowest BCUT2D eigenvalue weighted by molar-refractivity contribution is -0.149. The van der Waals surface area contributed by atoms with Crippen molar-refractivity contribution in [3.05, 3.63) is 102 Å². The predicted octanol–water partition coefficient (Wildman–Crippen LogP) is 3.78. The minimum Gasteiger partial charge on any atom is -0.454 e. The molecule has 3 aromatic carbocycles. The Hall–Kier alpha value is -4.46. The molecule has 1 unspecified atom stereocenters. The molecule has 0 aliphatic carbocycles. The van der Waals surface area contributed by atoms with E-state index in [0.29, 0.717) is 6.54 Å². The Balaban J connectivity index is 1.31. The van der Waals surface area contributed by atoms with Crippen LogP contribution in [0, 0.1) is 5.82 Å².